The lowest BCUT2D eigenvalue weighted by Crippen LogP contribution is -2.47. The highest BCUT2D eigenvalue weighted by atomic mass is 19.4. The number of guanidine groups is 1. The fourth-order valence-electron chi connectivity index (χ4n) is 3.70. The number of morpholine rings is 1. The van der Waals surface area contributed by atoms with Gasteiger partial charge in [0, 0.05) is 36.7 Å². The Morgan fingerprint density at radius 2 is 1.77 bits per heavy atom. The van der Waals surface area contributed by atoms with Crippen molar-refractivity contribution in [3.63, 3.8) is 0 Å². The standard InChI is InChI=1S/C25H30N6O2.C2HF3O2/c1-3-12-26-25(31-13-15-33-16-14-31)28-24-27-23(29-30-24)18(2)20-10-7-11-21(17-20)22(32)19-8-5-4-6-9-19;3-2(4,5)1(6)7/h4-11,17-18H,3,12-16H2,1-2H3,(H2,26,27,28,29,30);(H,6,7). The second-order valence-electron chi connectivity index (χ2n) is 8.82. The number of aliphatic carboxylic acids is 1. The number of nitrogens with zero attached hydrogens (tertiary/aromatic N) is 4. The van der Waals surface area contributed by atoms with Crippen molar-refractivity contribution in [2.45, 2.75) is 32.4 Å². The molecular formula is C27H31F3N6O4. The first-order chi connectivity index (χ1) is 19.1. The van der Waals surface area contributed by atoms with E-state index < -0.39 is 12.1 Å². The maximum absolute atomic E-state index is 12.8. The molecule has 3 aromatic rings. The fourth-order valence-corrected chi connectivity index (χ4v) is 3.70. The van der Waals surface area contributed by atoms with E-state index in [1.165, 1.54) is 0 Å². The molecule has 0 spiro atoms. The van der Waals surface area contributed by atoms with Crippen molar-refractivity contribution in [3.05, 3.63) is 77.1 Å². The van der Waals surface area contributed by atoms with Gasteiger partial charge >= 0.3 is 12.1 Å². The van der Waals surface area contributed by atoms with E-state index >= 15 is 0 Å². The maximum Gasteiger partial charge on any atom is 0.490 e. The summed E-state index contributed by atoms with van der Waals surface area (Å²) in [5.74, 6) is -0.974. The highest BCUT2D eigenvalue weighted by Crippen LogP contribution is 2.24. The number of ether oxygens (including phenoxy) is 1. The van der Waals surface area contributed by atoms with Crippen molar-refractivity contribution in [2.75, 3.05) is 32.8 Å². The van der Waals surface area contributed by atoms with Crippen molar-refractivity contribution >= 4 is 23.7 Å². The number of benzene rings is 2. The van der Waals surface area contributed by atoms with Crippen LogP contribution in [0.25, 0.3) is 0 Å². The van der Waals surface area contributed by atoms with Crippen LogP contribution in [0.3, 0.4) is 0 Å². The van der Waals surface area contributed by atoms with Crippen molar-refractivity contribution in [3.8, 4) is 0 Å². The summed E-state index contributed by atoms with van der Waals surface area (Å²) in [6.45, 7) is 7.92. The fraction of sp³-hybridized carbons (Fsp3) is 0.370. The van der Waals surface area contributed by atoms with E-state index in [0.29, 0.717) is 36.1 Å². The Balaban J connectivity index is 0.000000559. The zero-order valence-electron chi connectivity index (χ0n) is 22.1. The first-order valence-electron chi connectivity index (χ1n) is 12.7. The molecule has 4 rings (SSSR count). The van der Waals surface area contributed by atoms with Gasteiger partial charge < -0.3 is 20.1 Å². The zero-order valence-corrected chi connectivity index (χ0v) is 22.1. The van der Waals surface area contributed by atoms with Crippen molar-refractivity contribution in [1.82, 2.24) is 25.4 Å². The minimum Gasteiger partial charge on any atom is -0.475 e. The number of carboxylic acids is 1. The summed E-state index contributed by atoms with van der Waals surface area (Å²) in [5.41, 5.74) is 2.30. The van der Waals surface area contributed by atoms with Gasteiger partial charge in [0.25, 0.3) is 0 Å². The first kappa shape index (κ1) is 30.3. The average Bonchev–Trinajstić information content (AvgIpc) is 3.44. The second-order valence-corrected chi connectivity index (χ2v) is 8.82. The average molecular weight is 561 g/mol. The van der Waals surface area contributed by atoms with Crippen molar-refractivity contribution in [2.24, 2.45) is 4.99 Å². The molecule has 0 saturated carbocycles. The van der Waals surface area contributed by atoms with Crippen LogP contribution < -0.4 is 5.32 Å². The Labute approximate surface area is 229 Å². The summed E-state index contributed by atoms with van der Waals surface area (Å²) in [6.07, 6.45) is -4.08. The number of hydrogen-bond acceptors (Lipinski definition) is 6. The topological polar surface area (TPSA) is 133 Å². The number of carbonyl (C=O) groups is 2. The Morgan fingerprint density at radius 1 is 1.12 bits per heavy atom. The van der Waals surface area contributed by atoms with Crippen LogP contribution in [0, 0.1) is 0 Å². The van der Waals surface area contributed by atoms with E-state index in [1.54, 1.807) is 0 Å². The van der Waals surface area contributed by atoms with Crippen LogP contribution in [0.4, 0.5) is 19.1 Å². The molecule has 0 bridgehead atoms. The predicted octanol–water partition coefficient (Wildman–Crippen LogP) is 4.14. The van der Waals surface area contributed by atoms with Crippen LogP contribution >= 0.6 is 0 Å². The third-order valence-electron chi connectivity index (χ3n) is 5.86. The predicted molar refractivity (Wildman–Crippen MR) is 142 cm³/mol. The number of aliphatic imine (C=N–C) groups is 1. The number of aromatic amines is 1. The molecule has 3 N–H and O–H groups in total. The normalized spacial score (nSPS) is 14.6. The number of aromatic nitrogens is 3. The molecule has 0 amide bonds. The van der Waals surface area contributed by atoms with E-state index in [4.69, 9.17) is 19.6 Å². The molecule has 0 radical (unpaired) electrons. The molecule has 1 fully saturated rings. The molecule has 1 saturated heterocycles. The van der Waals surface area contributed by atoms with Crippen LogP contribution in [0.2, 0.25) is 0 Å². The van der Waals surface area contributed by atoms with E-state index in [0.717, 1.165) is 37.6 Å². The number of rotatable bonds is 7. The van der Waals surface area contributed by atoms with E-state index in [9.17, 15) is 18.0 Å². The lowest BCUT2D eigenvalue weighted by Gasteiger charge is -2.29. The number of alkyl halides is 3. The third kappa shape index (κ3) is 8.63. The molecule has 214 valence electrons. The van der Waals surface area contributed by atoms with Crippen molar-refractivity contribution < 1.29 is 32.6 Å². The molecule has 1 aliphatic heterocycles. The van der Waals surface area contributed by atoms with Crippen molar-refractivity contribution in [1.29, 1.82) is 0 Å². The molecule has 1 atom stereocenters. The Kier molecular flexibility index (Phi) is 10.8. The van der Waals surface area contributed by atoms with E-state index in [-0.39, 0.29) is 11.7 Å². The van der Waals surface area contributed by atoms with Gasteiger partial charge in [-0.1, -0.05) is 62.4 Å². The van der Waals surface area contributed by atoms with Crippen LogP contribution in [0.1, 0.15) is 53.5 Å². The number of nitrogens with one attached hydrogen (secondary N) is 2. The van der Waals surface area contributed by atoms with Gasteiger partial charge in [-0.3, -0.25) is 4.79 Å². The molecule has 2 heterocycles. The van der Waals surface area contributed by atoms with Gasteiger partial charge in [-0.25, -0.2) is 9.89 Å². The van der Waals surface area contributed by atoms with Gasteiger partial charge in [-0.2, -0.15) is 28.2 Å². The second kappa shape index (κ2) is 14.2. The monoisotopic (exact) mass is 560 g/mol. The maximum atomic E-state index is 12.8. The lowest BCUT2D eigenvalue weighted by molar-refractivity contribution is -0.192. The van der Waals surface area contributed by atoms with Crippen LogP contribution in [-0.4, -0.2) is 81.9 Å². The lowest BCUT2D eigenvalue weighted by atomic mass is 9.95. The zero-order chi connectivity index (χ0) is 29.1. The Morgan fingerprint density at radius 3 is 2.40 bits per heavy atom. The summed E-state index contributed by atoms with van der Waals surface area (Å²) >= 11 is 0. The molecular weight excluding hydrogens is 529 g/mol. The smallest absolute Gasteiger partial charge is 0.475 e. The minimum atomic E-state index is -5.08. The number of halogens is 3. The number of carbonyl (C=O) groups excluding carboxylic acids is 1. The Hall–Kier alpha value is -4.26. The summed E-state index contributed by atoms with van der Waals surface area (Å²) in [5, 5.41) is 17.9. The molecule has 0 aliphatic carbocycles. The van der Waals surface area contributed by atoms with Gasteiger partial charge in [0.15, 0.2) is 11.6 Å². The molecule has 10 nitrogen and oxygen atoms in total. The van der Waals surface area contributed by atoms with Crippen LogP contribution in [0.5, 0.6) is 0 Å². The van der Waals surface area contributed by atoms with Gasteiger partial charge in [-0.05, 0) is 18.1 Å². The Bertz CT molecular complexity index is 1290. The van der Waals surface area contributed by atoms with Crippen LogP contribution in [0.15, 0.2) is 59.6 Å². The number of H-pyrrole nitrogens is 1. The van der Waals surface area contributed by atoms with Gasteiger partial charge in [0.05, 0.1) is 13.2 Å². The first-order valence-corrected chi connectivity index (χ1v) is 12.7. The largest absolute Gasteiger partial charge is 0.490 e. The SMILES string of the molecule is CCCN/C(=N\c1nc(C(C)c2cccc(C(=O)c3ccccc3)c2)n[nH]1)N1CCOCC1.O=C(O)C(F)(F)F. The highest BCUT2D eigenvalue weighted by Gasteiger charge is 2.38. The molecule has 13 heteroatoms. The quantitative estimate of drug-likeness (QED) is 0.223. The third-order valence-corrected chi connectivity index (χ3v) is 5.86. The molecule has 1 unspecified atom stereocenters. The van der Waals surface area contributed by atoms with Gasteiger partial charge in [0.2, 0.25) is 11.9 Å². The van der Waals surface area contributed by atoms with Gasteiger partial charge in [-0.15, -0.1) is 0 Å². The minimum absolute atomic E-state index is 0.00192. The number of ketones is 1. The van der Waals surface area contributed by atoms with E-state index in [1.807, 2.05) is 61.5 Å². The summed E-state index contributed by atoms with van der Waals surface area (Å²) < 4.78 is 37.2. The molecule has 1 aliphatic rings. The van der Waals surface area contributed by atoms with Crippen LogP contribution in [-0.2, 0) is 9.53 Å². The van der Waals surface area contributed by atoms with Gasteiger partial charge in [0.1, 0.15) is 0 Å². The number of hydrogen-bond donors (Lipinski definition) is 3. The summed E-state index contributed by atoms with van der Waals surface area (Å²) in [4.78, 5) is 33.2. The van der Waals surface area contributed by atoms with E-state index in [2.05, 4.69) is 32.3 Å². The highest BCUT2D eigenvalue weighted by molar-refractivity contribution is 6.09. The number of carboxylic acid groups (broad SMARTS) is 1. The molecule has 40 heavy (non-hydrogen) atoms. The summed E-state index contributed by atoms with van der Waals surface area (Å²) in [7, 11) is 0. The molecule has 1 aromatic heterocycles. The molecule has 2 aromatic carbocycles. The summed E-state index contributed by atoms with van der Waals surface area (Å²) in [6, 6.07) is 17.0.